The van der Waals surface area contributed by atoms with Gasteiger partial charge in [-0.3, -0.25) is 11.3 Å². The first kappa shape index (κ1) is 13.9. The zero-order chi connectivity index (χ0) is 13.8. The summed E-state index contributed by atoms with van der Waals surface area (Å²) in [6.45, 7) is 1.70. The maximum Gasteiger partial charge on any atom is 0.127 e. The SMILES string of the molecule is NNC(CCC1CCCCO1)c1cccc2c1OCC2. The molecule has 0 spiro atoms. The van der Waals surface area contributed by atoms with Crippen molar-refractivity contribution in [1.82, 2.24) is 5.43 Å². The highest BCUT2D eigenvalue weighted by Crippen LogP contribution is 2.35. The first-order valence-corrected chi connectivity index (χ1v) is 7.71. The van der Waals surface area contributed by atoms with Crippen molar-refractivity contribution in [2.24, 2.45) is 5.84 Å². The molecule has 0 saturated carbocycles. The second-order valence-corrected chi connectivity index (χ2v) is 5.72. The van der Waals surface area contributed by atoms with Crippen LogP contribution in [0.2, 0.25) is 0 Å². The average Bonchev–Trinajstić information content (AvgIpc) is 2.98. The van der Waals surface area contributed by atoms with E-state index < -0.39 is 0 Å². The number of fused-ring (bicyclic) bond motifs is 1. The molecule has 1 saturated heterocycles. The van der Waals surface area contributed by atoms with Crippen molar-refractivity contribution in [2.75, 3.05) is 13.2 Å². The molecule has 1 aromatic carbocycles. The predicted molar refractivity (Wildman–Crippen MR) is 78.5 cm³/mol. The number of nitrogens with one attached hydrogen (secondary N) is 1. The number of hydrazine groups is 1. The van der Waals surface area contributed by atoms with Crippen LogP contribution >= 0.6 is 0 Å². The molecule has 0 aliphatic carbocycles. The summed E-state index contributed by atoms with van der Waals surface area (Å²) in [4.78, 5) is 0. The lowest BCUT2D eigenvalue weighted by atomic mass is 9.95. The van der Waals surface area contributed by atoms with Crippen molar-refractivity contribution in [2.45, 2.75) is 50.7 Å². The van der Waals surface area contributed by atoms with Crippen LogP contribution in [-0.2, 0) is 11.2 Å². The molecule has 110 valence electrons. The maximum atomic E-state index is 5.80. The molecule has 0 bridgehead atoms. The van der Waals surface area contributed by atoms with Gasteiger partial charge in [-0.1, -0.05) is 18.2 Å². The summed E-state index contributed by atoms with van der Waals surface area (Å²) in [5.41, 5.74) is 5.45. The van der Waals surface area contributed by atoms with E-state index in [0.717, 1.165) is 38.2 Å². The lowest BCUT2D eigenvalue weighted by Crippen LogP contribution is -2.30. The molecular formula is C16H24N2O2. The van der Waals surface area contributed by atoms with E-state index in [2.05, 4.69) is 23.6 Å². The van der Waals surface area contributed by atoms with Crippen molar-refractivity contribution in [3.05, 3.63) is 29.3 Å². The van der Waals surface area contributed by atoms with Gasteiger partial charge in [0.05, 0.1) is 12.7 Å². The molecule has 0 amide bonds. The Hall–Kier alpha value is -1.10. The van der Waals surface area contributed by atoms with E-state index in [0.29, 0.717) is 6.10 Å². The monoisotopic (exact) mass is 276 g/mol. The molecule has 2 aliphatic rings. The molecule has 20 heavy (non-hydrogen) atoms. The fourth-order valence-electron chi connectivity index (χ4n) is 3.23. The van der Waals surface area contributed by atoms with Gasteiger partial charge in [0.25, 0.3) is 0 Å². The summed E-state index contributed by atoms with van der Waals surface area (Å²) in [5, 5.41) is 0. The molecule has 1 fully saturated rings. The van der Waals surface area contributed by atoms with Gasteiger partial charge in [0.2, 0.25) is 0 Å². The van der Waals surface area contributed by atoms with Crippen molar-refractivity contribution in [3.8, 4) is 5.75 Å². The summed E-state index contributed by atoms with van der Waals surface area (Å²) in [7, 11) is 0. The molecule has 2 atom stereocenters. The van der Waals surface area contributed by atoms with Gasteiger partial charge in [-0.2, -0.15) is 0 Å². The van der Waals surface area contributed by atoms with Crippen LogP contribution in [0.25, 0.3) is 0 Å². The van der Waals surface area contributed by atoms with Crippen molar-refractivity contribution in [1.29, 1.82) is 0 Å². The number of benzene rings is 1. The molecule has 1 aromatic rings. The Labute approximate surface area is 120 Å². The minimum atomic E-state index is 0.147. The Bertz CT molecular complexity index is 444. The van der Waals surface area contributed by atoms with Gasteiger partial charge in [-0.15, -0.1) is 0 Å². The number of rotatable bonds is 5. The first-order valence-electron chi connectivity index (χ1n) is 7.71. The Balaban J connectivity index is 1.65. The molecule has 4 heteroatoms. The van der Waals surface area contributed by atoms with Gasteiger partial charge in [0, 0.05) is 24.6 Å². The van der Waals surface area contributed by atoms with Crippen LogP contribution in [0.1, 0.15) is 49.3 Å². The number of nitrogens with two attached hydrogens (primary N) is 1. The second kappa shape index (κ2) is 6.57. The van der Waals surface area contributed by atoms with Gasteiger partial charge in [0.15, 0.2) is 0 Å². The molecule has 0 radical (unpaired) electrons. The minimum Gasteiger partial charge on any atom is -0.493 e. The average molecular weight is 276 g/mol. The van der Waals surface area contributed by atoms with Gasteiger partial charge < -0.3 is 9.47 Å². The first-order chi connectivity index (χ1) is 9.88. The van der Waals surface area contributed by atoms with Gasteiger partial charge in [-0.05, 0) is 37.7 Å². The standard InChI is InChI=1S/C16H24N2O2/c17-18-15(8-7-13-5-1-2-10-19-13)14-6-3-4-12-9-11-20-16(12)14/h3-4,6,13,15,18H,1-2,5,7-11,17H2. The van der Waals surface area contributed by atoms with Crippen LogP contribution in [0.5, 0.6) is 5.75 Å². The van der Waals surface area contributed by atoms with Crippen molar-refractivity contribution in [3.63, 3.8) is 0 Å². The summed E-state index contributed by atoms with van der Waals surface area (Å²) in [6, 6.07) is 6.51. The Morgan fingerprint density at radius 2 is 2.25 bits per heavy atom. The van der Waals surface area contributed by atoms with Crippen molar-refractivity contribution >= 4 is 0 Å². The Morgan fingerprint density at radius 1 is 1.30 bits per heavy atom. The molecule has 2 heterocycles. The molecule has 2 aliphatic heterocycles. The number of hydrogen-bond donors (Lipinski definition) is 2. The summed E-state index contributed by atoms with van der Waals surface area (Å²) < 4.78 is 11.6. The third-order valence-electron chi connectivity index (χ3n) is 4.37. The van der Waals surface area contributed by atoms with Crippen LogP contribution in [0.4, 0.5) is 0 Å². The molecular weight excluding hydrogens is 252 g/mol. The van der Waals surface area contributed by atoms with E-state index in [4.69, 9.17) is 15.3 Å². The van der Waals surface area contributed by atoms with Crippen LogP contribution in [-0.4, -0.2) is 19.3 Å². The zero-order valence-electron chi connectivity index (χ0n) is 11.9. The highest BCUT2D eigenvalue weighted by atomic mass is 16.5. The molecule has 3 rings (SSSR count). The Morgan fingerprint density at radius 3 is 3.05 bits per heavy atom. The third kappa shape index (κ3) is 2.97. The third-order valence-corrected chi connectivity index (χ3v) is 4.37. The fourth-order valence-corrected chi connectivity index (χ4v) is 3.23. The fraction of sp³-hybridized carbons (Fsp3) is 0.625. The number of hydrogen-bond acceptors (Lipinski definition) is 4. The highest BCUT2D eigenvalue weighted by Gasteiger charge is 2.23. The van der Waals surface area contributed by atoms with E-state index in [-0.39, 0.29) is 6.04 Å². The summed E-state index contributed by atoms with van der Waals surface area (Å²) in [6.07, 6.45) is 7.12. The number of para-hydroxylation sites is 1. The van der Waals surface area contributed by atoms with Gasteiger partial charge in [-0.25, -0.2) is 0 Å². The van der Waals surface area contributed by atoms with Crippen LogP contribution in [0.3, 0.4) is 0 Å². The minimum absolute atomic E-state index is 0.147. The lowest BCUT2D eigenvalue weighted by Gasteiger charge is -2.25. The number of ether oxygens (including phenoxy) is 2. The van der Waals surface area contributed by atoms with E-state index >= 15 is 0 Å². The highest BCUT2D eigenvalue weighted by molar-refractivity contribution is 5.45. The summed E-state index contributed by atoms with van der Waals surface area (Å²) >= 11 is 0. The van der Waals surface area contributed by atoms with E-state index in [1.165, 1.54) is 30.4 Å². The quantitative estimate of drug-likeness (QED) is 0.641. The molecule has 4 nitrogen and oxygen atoms in total. The van der Waals surface area contributed by atoms with Gasteiger partial charge in [0.1, 0.15) is 5.75 Å². The molecule has 2 unspecified atom stereocenters. The van der Waals surface area contributed by atoms with E-state index in [9.17, 15) is 0 Å². The van der Waals surface area contributed by atoms with E-state index in [1.54, 1.807) is 0 Å². The topological polar surface area (TPSA) is 56.5 Å². The Kier molecular flexibility index (Phi) is 4.55. The predicted octanol–water partition coefficient (Wildman–Crippen LogP) is 2.48. The molecule has 3 N–H and O–H groups in total. The van der Waals surface area contributed by atoms with Crippen LogP contribution in [0.15, 0.2) is 18.2 Å². The zero-order valence-corrected chi connectivity index (χ0v) is 11.9. The van der Waals surface area contributed by atoms with Crippen LogP contribution in [0, 0.1) is 0 Å². The molecule has 0 aromatic heterocycles. The normalized spacial score (nSPS) is 23.1. The largest absolute Gasteiger partial charge is 0.493 e. The second-order valence-electron chi connectivity index (χ2n) is 5.72. The summed E-state index contributed by atoms with van der Waals surface area (Å²) in [5.74, 6) is 6.81. The smallest absolute Gasteiger partial charge is 0.127 e. The lowest BCUT2D eigenvalue weighted by molar-refractivity contribution is 0.00850. The van der Waals surface area contributed by atoms with Crippen LogP contribution < -0.4 is 16.0 Å². The van der Waals surface area contributed by atoms with Gasteiger partial charge >= 0.3 is 0 Å². The maximum absolute atomic E-state index is 5.80. The van der Waals surface area contributed by atoms with Crippen molar-refractivity contribution < 1.29 is 9.47 Å². The van der Waals surface area contributed by atoms with E-state index in [1.807, 2.05) is 0 Å².